The van der Waals surface area contributed by atoms with Crippen molar-refractivity contribution in [1.29, 1.82) is 0 Å². The molecule has 0 aromatic rings. The van der Waals surface area contributed by atoms with Crippen molar-refractivity contribution >= 4 is 11.9 Å². The molecule has 1 aliphatic rings. The Kier molecular flexibility index (Phi) is 32.9. The first-order valence-electron chi connectivity index (χ1n) is 24.1. The molecule has 0 aliphatic carbocycles. The minimum Gasteiger partial charge on any atom is -0.465 e. The van der Waals surface area contributed by atoms with Gasteiger partial charge in [-0.2, -0.15) is 0 Å². The van der Waals surface area contributed by atoms with Crippen LogP contribution >= 0.6 is 0 Å². The molecule has 6 heteroatoms. The standard InChI is InChI=1S/C49H95NO5/c1-41(2)30-32-46(43(5)6)39-54-48(51)28-21-17-13-9-11-15-19-25-45(27-23-24-34-50-35-37-53-38-36-50)26-20-16-12-10-14-18-22-29-49(52)55-40-47(44(7)8)33-31-42(3)4/h41-47H,9-40H2,1-8H3. The molecule has 1 fully saturated rings. The normalized spacial score (nSPS) is 15.6. The minimum absolute atomic E-state index is 0.00288. The number of rotatable bonds is 37. The second-order valence-electron chi connectivity index (χ2n) is 19.2. The van der Waals surface area contributed by atoms with E-state index in [1.54, 1.807) is 0 Å². The molecule has 1 saturated heterocycles. The zero-order valence-corrected chi connectivity index (χ0v) is 38.2. The number of carbonyl (C=O) groups is 2. The van der Waals surface area contributed by atoms with Gasteiger partial charge in [0, 0.05) is 25.9 Å². The van der Waals surface area contributed by atoms with Crippen LogP contribution in [0.3, 0.4) is 0 Å². The van der Waals surface area contributed by atoms with Crippen LogP contribution in [0.1, 0.15) is 216 Å². The Labute approximate surface area is 343 Å². The average molecular weight is 778 g/mol. The average Bonchev–Trinajstić information content (AvgIpc) is 3.14. The van der Waals surface area contributed by atoms with Gasteiger partial charge in [0.05, 0.1) is 26.4 Å². The molecule has 1 heterocycles. The lowest BCUT2D eigenvalue weighted by Crippen LogP contribution is -2.36. The summed E-state index contributed by atoms with van der Waals surface area (Å²) in [6.07, 6.45) is 30.1. The van der Waals surface area contributed by atoms with Gasteiger partial charge in [0.15, 0.2) is 0 Å². The summed E-state index contributed by atoms with van der Waals surface area (Å²) in [4.78, 5) is 27.3. The molecule has 0 bridgehead atoms. The fourth-order valence-electron chi connectivity index (χ4n) is 8.06. The number of unbranched alkanes of at least 4 members (excludes halogenated alkanes) is 13. The SMILES string of the molecule is CC(C)CCC(COC(=O)CCCCCCCCCC(CCCCCCCCCC(=O)OCC(CCC(C)C)C(C)C)CCCCN1CCOCC1)C(C)C. The van der Waals surface area contributed by atoms with Crippen molar-refractivity contribution in [2.45, 2.75) is 216 Å². The molecule has 0 radical (unpaired) electrons. The first kappa shape index (κ1) is 51.9. The molecule has 0 aromatic heterocycles. The highest BCUT2D eigenvalue weighted by Gasteiger charge is 2.18. The summed E-state index contributed by atoms with van der Waals surface area (Å²) in [5.41, 5.74) is 0. The third kappa shape index (κ3) is 31.5. The van der Waals surface area contributed by atoms with Crippen LogP contribution in [0.25, 0.3) is 0 Å². The van der Waals surface area contributed by atoms with Gasteiger partial charge in [0.25, 0.3) is 0 Å². The molecule has 1 aliphatic heterocycles. The quantitative estimate of drug-likeness (QED) is 0.0462. The summed E-state index contributed by atoms with van der Waals surface area (Å²) in [6.45, 7) is 24.5. The molecule has 6 nitrogen and oxygen atoms in total. The topological polar surface area (TPSA) is 65.1 Å². The molecular weight excluding hydrogens is 683 g/mol. The van der Waals surface area contributed by atoms with Crippen molar-refractivity contribution in [3.05, 3.63) is 0 Å². The first-order valence-corrected chi connectivity index (χ1v) is 24.1. The first-order chi connectivity index (χ1) is 26.5. The van der Waals surface area contributed by atoms with Gasteiger partial charge in [0.2, 0.25) is 0 Å². The highest BCUT2D eigenvalue weighted by Crippen LogP contribution is 2.25. The smallest absolute Gasteiger partial charge is 0.305 e. The summed E-state index contributed by atoms with van der Waals surface area (Å²) < 4.78 is 16.9. The third-order valence-corrected chi connectivity index (χ3v) is 12.5. The van der Waals surface area contributed by atoms with E-state index >= 15 is 0 Å². The van der Waals surface area contributed by atoms with Crippen LogP contribution in [-0.2, 0) is 23.8 Å². The summed E-state index contributed by atoms with van der Waals surface area (Å²) in [5, 5.41) is 0. The molecule has 0 amide bonds. The number of carbonyl (C=O) groups excluding carboxylic acids is 2. The van der Waals surface area contributed by atoms with Crippen LogP contribution < -0.4 is 0 Å². The zero-order valence-electron chi connectivity index (χ0n) is 38.2. The van der Waals surface area contributed by atoms with Gasteiger partial charge in [-0.05, 0) is 80.1 Å². The van der Waals surface area contributed by atoms with E-state index in [9.17, 15) is 9.59 Å². The molecule has 55 heavy (non-hydrogen) atoms. The van der Waals surface area contributed by atoms with Crippen LogP contribution in [0.5, 0.6) is 0 Å². The van der Waals surface area contributed by atoms with E-state index in [0.717, 1.165) is 70.7 Å². The Morgan fingerprint density at radius 2 is 0.836 bits per heavy atom. The third-order valence-electron chi connectivity index (χ3n) is 12.5. The van der Waals surface area contributed by atoms with Gasteiger partial charge in [-0.1, -0.05) is 171 Å². The number of morpholine rings is 1. The summed E-state index contributed by atoms with van der Waals surface area (Å²) >= 11 is 0. The van der Waals surface area contributed by atoms with Gasteiger partial charge in [-0.25, -0.2) is 0 Å². The Morgan fingerprint density at radius 3 is 1.22 bits per heavy atom. The molecule has 1 rings (SSSR count). The fraction of sp³-hybridized carbons (Fsp3) is 0.959. The molecule has 0 aromatic carbocycles. The van der Waals surface area contributed by atoms with Crippen LogP contribution in [0, 0.1) is 41.4 Å². The lowest BCUT2D eigenvalue weighted by atomic mass is 9.89. The molecule has 2 unspecified atom stereocenters. The van der Waals surface area contributed by atoms with Crippen molar-refractivity contribution in [2.24, 2.45) is 41.4 Å². The van der Waals surface area contributed by atoms with E-state index < -0.39 is 0 Å². The number of ether oxygens (including phenoxy) is 3. The zero-order chi connectivity index (χ0) is 40.5. The van der Waals surface area contributed by atoms with Gasteiger partial charge >= 0.3 is 11.9 Å². The van der Waals surface area contributed by atoms with Crippen molar-refractivity contribution in [2.75, 3.05) is 46.1 Å². The summed E-state index contributed by atoms with van der Waals surface area (Å²) in [7, 11) is 0. The van der Waals surface area contributed by atoms with E-state index in [1.807, 2.05) is 0 Å². The Bertz CT molecular complexity index is 825. The van der Waals surface area contributed by atoms with Gasteiger partial charge in [-0.3, -0.25) is 14.5 Å². The van der Waals surface area contributed by atoms with Crippen LogP contribution in [0.15, 0.2) is 0 Å². The maximum Gasteiger partial charge on any atom is 0.305 e. The van der Waals surface area contributed by atoms with Crippen LogP contribution in [0.4, 0.5) is 0 Å². The fourth-order valence-corrected chi connectivity index (χ4v) is 8.06. The predicted octanol–water partition coefficient (Wildman–Crippen LogP) is 13.6. The van der Waals surface area contributed by atoms with E-state index in [1.165, 1.54) is 116 Å². The lowest BCUT2D eigenvalue weighted by molar-refractivity contribution is -0.146. The maximum atomic E-state index is 12.3. The molecule has 0 saturated carbocycles. The Morgan fingerprint density at radius 1 is 0.473 bits per heavy atom. The molecule has 2 atom stereocenters. The van der Waals surface area contributed by atoms with Crippen molar-refractivity contribution in [1.82, 2.24) is 4.90 Å². The van der Waals surface area contributed by atoms with E-state index in [-0.39, 0.29) is 11.9 Å². The molecule has 326 valence electrons. The molecule has 0 spiro atoms. The molecule has 0 N–H and O–H groups in total. The Hall–Kier alpha value is -1.14. The van der Waals surface area contributed by atoms with E-state index in [4.69, 9.17) is 14.2 Å². The number of esters is 2. The van der Waals surface area contributed by atoms with Crippen LogP contribution in [-0.4, -0.2) is 62.9 Å². The summed E-state index contributed by atoms with van der Waals surface area (Å²) in [5.74, 6) is 4.39. The van der Waals surface area contributed by atoms with Gasteiger partial charge in [0.1, 0.15) is 0 Å². The highest BCUT2D eigenvalue weighted by molar-refractivity contribution is 5.69. The van der Waals surface area contributed by atoms with Crippen LogP contribution in [0.2, 0.25) is 0 Å². The molecular formula is C49H95NO5. The van der Waals surface area contributed by atoms with E-state index in [0.29, 0.717) is 61.6 Å². The van der Waals surface area contributed by atoms with Crippen molar-refractivity contribution in [3.63, 3.8) is 0 Å². The van der Waals surface area contributed by atoms with Crippen molar-refractivity contribution in [3.8, 4) is 0 Å². The van der Waals surface area contributed by atoms with Gasteiger partial charge < -0.3 is 14.2 Å². The number of hydrogen-bond acceptors (Lipinski definition) is 6. The highest BCUT2D eigenvalue weighted by atomic mass is 16.5. The second kappa shape index (κ2) is 34.9. The lowest BCUT2D eigenvalue weighted by Gasteiger charge is -2.26. The largest absolute Gasteiger partial charge is 0.465 e. The maximum absolute atomic E-state index is 12.3. The van der Waals surface area contributed by atoms with Crippen molar-refractivity contribution < 1.29 is 23.8 Å². The number of nitrogens with zero attached hydrogens (tertiary/aromatic N) is 1. The minimum atomic E-state index is 0.00288. The monoisotopic (exact) mass is 778 g/mol. The number of hydrogen-bond donors (Lipinski definition) is 0. The Balaban J connectivity index is 2.20. The van der Waals surface area contributed by atoms with Gasteiger partial charge in [-0.15, -0.1) is 0 Å². The predicted molar refractivity (Wildman–Crippen MR) is 234 cm³/mol. The summed E-state index contributed by atoms with van der Waals surface area (Å²) in [6, 6.07) is 0. The van der Waals surface area contributed by atoms with E-state index in [2.05, 4.69) is 60.3 Å². The second-order valence-corrected chi connectivity index (χ2v) is 19.2.